The molecule has 0 aliphatic heterocycles. The molecule has 3 rings (SSSR count). The van der Waals surface area contributed by atoms with Gasteiger partial charge in [0.15, 0.2) is 0 Å². The topological polar surface area (TPSA) is 12.9 Å². The summed E-state index contributed by atoms with van der Waals surface area (Å²) in [5.74, 6) is 0. The molecule has 0 aliphatic rings. The molecule has 1 heteroatoms. The maximum Gasteiger partial charge on any atom is 0.0273 e. The molecular weight excluding hydrogens is 242 g/mol. The zero-order valence-corrected chi connectivity index (χ0v) is 11.4. The second-order valence-electron chi connectivity index (χ2n) is 4.15. The van der Waals surface area contributed by atoms with E-state index >= 15 is 0 Å². The van der Waals surface area contributed by atoms with Gasteiger partial charge in [0.25, 0.3) is 0 Å². The van der Waals surface area contributed by atoms with Gasteiger partial charge in [-0.15, -0.1) is 13.2 Å². The van der Waals surface area contributed by atoms with Crippen molar-refractivity contribution in [2.75, 3.05) is 0 Å². The first-order valence-electron chi connectivity index (χ1n) is 6.50. The van der Waals surface area contributed by atoms with Gasteiger partial charge in [-0.25, -0.2) is 0 Å². The molecule has 0 amide bonds. The molecule has 0 aliphatic carbocycles. The van der Waals surface area contributed by atoms with Crippen LogP contribution < -0.4 is 0 Å². The Bertz CT molecular complexity index is 586. The minimum atomic E-state index is 1.20. The summed E-state index contributed by atoms with van der Waals surface area (Å²) >= 11 is 0. The Kier molecular flexibility index (Phi) is 4.85. The minimum absolute atomic E-state index is 1.20. The Labute approximate surface area is 120 Å². The molecule has 0 spiro atoms. The molecule has 0 saturated carbocycles. The highest BCUT2D eigenvalue weighted by Gasteiger charge is 2.05. The van der Waals surface area contributed by atoms with Crippen LogP contribution in [-0.2, 0) is 0 Å². The predicted octanol–water partition coefficient (Wildman–Crippen LogP) is 5.22. The van der Waals surface area contributed by atoms with Crippen LogP contribution in [0.3, 0.4) is 0 Å². The van der Waals surface area contributed by atoms with Crippen molar-refractivity contribution < 1.29 is 0 Å². The van der Waals surface area contributed by atoms with Crippen LogP contribution in [0.1, 0.15) is 0 Å². The number of aromatic nitrogens is 1. The second-order valence-corrected chi connectivity index (χ2v) is 4.15. The Morgan fingerprint density at radius 2 is 1.00 bits per heavy atom. The fraction of sp³-hybridized carbons (Fsp3) is 0. The van der Waals surface area contributed by atoms with E-state index < -0.39 is 0 Å². The zero-order valence-electron chi connectivity index (χ0n) is 11.4. The molecule has 2 aromatic carbocycles. The molecule has 3 aromatic rings. The highest BCUT2D eigenvalue weighted by Crippen LogP contribution is 2.31. The molecule has 0 N–H and O–H groups in total. The van der Waals surface area contributed by atoms with Crippen LogP contribution in [0.2, 0.25) is 0 Å². The quantitative estimate of drug-likeness (QED) is 0.575. The summed E-state index contributed by atoms with van der Waals surface area (Å²) in [5.41, 5.74) is 4.93. The van der Waals surface area contributed by atoms with Crippen LogP contribution in [0.4, 0.5) is 0 Å². The molecule has 20 heavy (non-hydrogen) atoms. The van der Waals surface area contributed by atoms with E-state index in [1.54, 1.807) is 0 Å². The monoisotopic (exact) mass is 259 g/mol. The molecule has 98 valence electrons. The fourth-order valence-electron chi connectivity index (χ4n) is 2.14. The van der Waals surface area contributed by atoms with E-state index in [1.807, 2.05) is 30.6 Å². The zero-order chi connectivity index (χ0) is 14.2. The number of nitrogens with zero attached hydrogens (tertiary/aromatic N) is 1. The molecule has 1 nitrogen and oxygen atoms in total. The summed E-state index contributed by atoms with van der Waals surface area (Å²) in [7, 11) is 0. The molecule has 0 fully saturated rings. The van der Waals surface area contributed by atoms with Crippen molar-refractivity contribution in [3.8, 4) is 22.3 Å². The number of hydrogen-bond acceptors (Lipinski definition) is 1. The summed E-state index contributed by atoms with van der Waals surface area (Å²) in [6.45, 7) is 6.00. The largest absolute Gasteiger partial charge is 0.265 e. The molecular formula is C19H17N. The first kappa shape index (κ1) is 13.8. The van der Waals surface area contributed by atoms with E-state index in [-0.39, 0.29) is 0 Å². The van der Waals surface area contributed by atoms with Crippen molar-refractivity contribution >= 4 is 0 Å². The molecule has 0 saturated heterocycles. The molecule has 1 heterocycles. The van der Waals surface area contributed by atoms with Crippen LogP contribution in [0.5, 0.6) is 0 Å². The van der Waals surface area contributed by atoms with E-state index in [0.29, 0.717) is 0 Å². The highest BCUT2D eigenvalue weighted by atomic mass is 14.6. The number of benzene rings is 2. The van der Waals surface area contributed by atoms with Crippen molar-refractivity contribution in [1.29, 1.82) is 0 Å². The first-order valence-corrected chi connectivity index (χ1v) is 6.50. The average Bonchev–Trinajstić information content (AvgIpc) is 2.58. The Morgan fingerprint density at radius 3 is 1.55 bits per heavy atom. The standard InChI is InChI=1S/C17H13N.C2H4/c1-2-6-14(7-3-1)16-8-4-5-9-17(16)15-10-12-18-13-11-15;1-2/h1-13H;1-2H2. The van der Waals surface area contributed by atoms with Crippen molar-refractivity contribution in [3.05, 3.63) is 92.3 Å². The van der Waals surface area contributed by atoms with E-state index in [0.717, 1.165) is 0 Å². The van der Waals surface area contributed by atoms with E-state index in [2.05, 4.69) is 66.7 Å². The van der Waals surface area contributed by atoms with Gasteiger partial charge in [0.1, 0.15) is 0 Å². The third-order valence-electron chi connectivity index (χ3n) is 3.00. The van der Waals surface area contributed by atoms with Crippen molar-refractivity contribution in [1.82, 2.24) is 4.98 Å². The lowest BCUT2D eigenvalue weighted by Gasteiger charge is -2.09. The Morgan fingerprint density at radius 1 is 0.550 bits per heavy atom. The van der Waals surface area contributed by atoms with Crippen LogP contribution in [-0.4, -0.2) is 4.98 Å². The number of rotatable bonds is 2. The molecule has 0 unspecified atom stereocenters. The van der Waals surface area contributed by atoms with Gasteiger partial charge in [0, 0.05) is 12.4 Å². The summed E-state index contributed by atoms with van der Waals surface area (Å²) in [4.78, 5) is 4.07. The van der Waals surface area contributed by atoms with E-state index in [4.69, 9.17) is 0 Å². The summed E-state index contributed by atoms with van der Waals surface area (Å²) in [5, 5.41) is 0. The third-order valence-corrected chi connectivity index (χ3v) is 3.00. The van der Waals surface area contributed by atoms with E-state index in [1.165, 1.54) is 22.3 Å². The molecule has 1 aromatic heterocycles. The summed E-state index contributed by atoms with van der Waals surface area (Å²) < 4.78 is 0. The van der Waals surface area contributed by atoms with Crippen molar-refractivity contribution in [3.63, 3.8) is 0 Å². The van der Waals surface area contributed by atoms with Gasteiger partial charge in [-0.3, -0.25) is 4.98 Å². The van der Waals surface area contributed by atoms with Crippen molar-refractivity contribution in [2.24, 2.45) is 0 Å². The minimum Gasteiger partial charge on any atom is -0.265 e. The van der Waals surface area contributed by atoms with Crippen LogP contribution in [0.15, 0.2) is 92.3 Å². The lowest BCUT2D eigenvalue weighted by atomic mass is 9.95. The smallest absolute Gasteiger partial charge is 0.0273 e. The molecule has 0 radical (unpaired) electrons. The van der Waals surface area contributed by atoms with Gasteiger partial charge in [-0.2, -0.15) is 0 Å². The normalized spacial score (nSPS) is 9.40. The van der Waals surface area contributed by atoms with Crippen LogP contribution in [0.25, 0.3) is 22.3 Å². The fourth-order valence-corrected chi connectivity index (χ4v) is 2.14. The highest BCUT2D eigenvalue weighted by molar-refractivity contribution is 5.83. The lowest BCUT2D eigenvalue weighted by molar-refractivity contribution is 1.33. The average molecular weight is 259 g/mol. The van der Waals surface area contributed by atoms with E-state index in [9.17, 15) is 0 Å². The Balaban J connectivity index is 0.000000704. The summed E-state index contributed by atoms with van der Waals surface area (Å²) in [6, 6.07) is 23.0. The SMILES string of the molecule is C=C.c1ccc(-c2ccccc2-c2ccncc2)cc1. The maximum absolute atomic E-state index is 4.07. The maximum atomic E-state index is 4.07. The Hall–Kier alpha value is -2.67. The van der Waals surface area contributed by atoms with Gasteiger partial charge in [-0.1, -0.05) is 54.6 Å². The third kappa shape index (κ3) is 3.01. The van der Waals surface area contributed by atoms with Gasteiger partial charge in [0.05, 0.1) is 0 Å². The van der Waals surface area contributed by atoms with Gasteiger partial charge in [0.2, 0.25) is 0 Å². The number of hydrogen-bond donors (Lipinski definition) is 0. The van der Waals surface area contributed by atoms with Gasteiger partial charge in [-0.05, 0) is 34.4 Å². The van der Waals surface area contributed by atoms with Crippen LogP contribution in [0, 0.1) is 0 Å². The second kappa shape index (κ2) is 7.05. The summed E-state index contributed by atoms with van der Waals surface area (Å²) in [6.07, 6.45) is 3.66. The van der Waals surface area contributed by atoms with Gasteiger partial charge >= 0.3 is 0 Å². The van der Waals surface area contributed by atoms with Gasteiger partial charge < -0.3 is 0 Å². The van der Waals surface area contributed by atoms with Crippen LogP contribution >= 0.6 is 0 Å². The number of pyridine rings is 1. The predicted molar refractivity (Wildman–Crippen MR) is 86.4 cm³/mol. The lowest BCUT2D eigenvalue weighted by Crippen LogP contribution is -1.84. The van der Waals surface area contributed by atoms with Crippen molar-refractivity contribution in [2.45, 2.75) is 0 Å². The molecule has 0 bridgehead atoms. The first-order chi connectivity index (χ1) is 9.95. The molecule has 0 atom stereocenters.